The summed E-state index contributed by atoms with van der Waals surface area (Å²) in [4.78, 5) is 11.2. The van der Waals surface area contributed by atoms with Crippen molar-refractivity contribution in [1.29, 1.82) is 0 Å². The van der Waals surface area contributed by atoms with E-state index in [1.165, 1.54) is 0 Å². The number of carbonyl (C=O) groups is 1. The average Bonchev–Trinajstić information content (AvgIpc) is 3.29. The van der Waals surface area contributed by atoms with Gasteiger partial charge < -0.3 is 9.67 Å². The molecule has 0 saturated heterocycles. The number of carboxylic acids is 1. The molecule has 0 radical (unpaired) electrons. The quantitative estimate of drug-likeness (QED) is 0.597. The van der Waals surface area contributed by atoms with Crippen LogP contribution in [0.5, 0.6) is 0 Å². The van der Waals surface area contributed by atoms with Crippen LogP contribution in [-0.2, 0) is 0 Å². The standard InChI is InChI=1S/C21H18N4O2/c1-14-9-10-15(2)25(14)19-8-4-7-18(12-19)24-13-20(22-23-24)16-5-3-6-17(11-16)21(26)27/h3-13H,1-2H3,(H,26,27). The Labute approximate surface area is 156 Å². The first kappa shape index (κ1) is 16.8. The zero-order chi connectivity index (χ0) is 19.0. The lowest BCUT2D eigenvalue weighted by Gasteiger charge is -2.11. The zero-order valence-corrected chi connectivity index (χ0v) is 15.0. The fourth-order valence-electron chi connectivity index (χ4n) is 3.18. The third-order valence-electron chi connectivity index (χ3n) is 4.52. The predicted octanol–water partition coefficient (Wildman–Crippen LogP) is 4.04. The second-order valence-electron chi connectivity index (χ2n) is 6.41. The topological polar surface area (TPSA) is 72.9 Å². The van der Waals surface area contributed by atoms with Crippen LogP contribution >= 0.6 is 0 Å². The SMILES string of the molecule is Cc1ccc(C)n1-c1cccc(-n2cc(-c3cccc(C(=O)O)c3)nn2)c1. The minimum Gasteiger partial charge on any atom is -0.478 e. The number of benzene rings is 2. The Hall–Kier alpha value is -3.67. The Balaban J connectivity index is 1.71. The summed E-state index contributed by atoms with van der Waals surface area (Å²) in [6.45, 7) is 4.14. The number of hydrogen-bond acceptors (Lipinski definition) is 3. The van der Waals surface area contributed by atoms with Gasteiger partial charge in [0.1, 0.15) is 5.69 Å². The summed E-state index contributed by atoms with van der Waals surface area (Å²) < 4.78 is 3.87. The molecule has 0 bridgehead atoms. The third-order valence-corrected chi connectivity index (χ3v) is 4.52. The van der Waals surface area contributed by atoms with Gasteiger partial charge in [0.05, 0.1) is 17.4 Å². The number of carboxylic acid groups (broad SMARTS) is 1. The first-order chi connectivity index (χ1) is 13.0. The highest BCUT2D eigenvalue weighted by molar-refractivity contribution is 5.89. The molecule has 2 aromatic carbocycles. The maximum absolute atomic E-state index is 11.2. The fourth-order valence-corrected chi connectivity index (χ4v) is 3.18. The Morgan fingerprint density at radius 2 is 1.63 bits per heavy atom. The Morgan fingerprint density at radius 3 is 2.37 bits per heavy atom. The van der Waals surface area contributed by atoms with Crippen molar-refractivity contribution >= 4 is 5.97 Å². The van der Waals surface area contributed by atoms with Crippen molar-refractivity contribution in [1.82, 2.24) is 19.6 Å². The highest BCUT2D eigenvalue weighted by Gasteiger charge is 2.10. The minimum atomic E-state index is -0.964. The molecule has 6 heteroatoms. The van der Waals surface area contributed by atoms with E-state index in [0.29, 0.717) is 5.69 Å². The highest BCUT2D eigenvalue weighted by Crippen LogP contribution is 2.22. The molecule has 27 heavy (non-hydrogen) atoms. The van der Waals surface area contributed by atoms with Crippen LogP contribution in [0.1, 0.15) is 21.7 Å². The summed E-state index contributed by atoms with van der Waals surface area (Å²) in [6.07, 6.45) is 1.80. The summed E-state index contributed by atoms with van der Waals surface area (Å²) >= 11 is 0. The van der Waals surface area contributed by atoms with Crippen molar-refractivity contribution in [3.63, 3.8) is 0 Å². The highest BCUT2D eigenvalue weighted by atomic mass is 16.4. The van der Waals surface area contributed by atoms with E-state index in [9.17, 15) is 4.79 Å². The molecule has 0 saturated carbocycles. The van der Waals surface area contributed by atoms with Crippen molar-refractivity contribution in [2.75, 3.05) is 0 Å². The Kier molecular flexibility index (Phi) is 4.08. The van der Waals surface area contributed by atoms with Crippen LogP contribution in [0.3, 0.4) is 0 Å². The molecule has 134 valence electrons. The Morgan fingerprint density at radius 1 is 0.926 bits per heavy atom. The second-order valence-corrected chi connectivity index (χ2v) is 6.41. The van der Waals surface area contributed by atoms with Crippen molar-refractivity contribution in [3.8, 4) is 22.6 Å². The third kappa shape index (κ3) is 3.13. The molecule has 0 amide bonds. The number of hydrogen-bond donors (Lipinski definition) is 1. The normalized spacial score (nSPS) is 10.9. The van der Waals surface area contributed by atoms with Crippen LogP contribution in [0.2, 0.25) is 0 Å². The maximum Gasteiger partial charge on any atom is 0.335 e. The first-order valence-electron chi connectivity index (χ1n) is 8.55. The molecule has 0 atom stereocenters. The molecule has 0 aliphatic carbocycles. The molecule has 0 aliphatic rings. The molecule has 6 nitrogen and oxygen atoms in total. The van der Waals surface area contributed by atoms with Crippen molar-refractivity contribution in [3.05, 3.63) is 83.8 Å². The molecule has 4 rings (SSSR count). The molecular weight excluding hydrogens is 340 g/mol. The second kappa shape index (κ2) is 6.57. The van der Waals surface area contributed by atoms with Crippen LogP contribution in [0, 0.1) is 13.8 Å². The van der Waals surface area contributed by atoms with E-state index in [2.05, 4.69) is 46.9 Å². The summed E-state index contributed by atoms with van der Waals surface area (Å²) in [7, 11) is 0. The fraction of sp³-hybridized carbons (Fsp3) is 0.0952. The van der Waals surface area contributed by atoms with Gasteiger partial charge in [-0.3, -0.25) is 0 Å². The van der Waals surface area contributed by atoms with Crippen LogP contribution in [0.25, 0.3) is 22.6 Å². The molecule has 1 N–H and O–H groups in total. The summed E-state index contributed by atoms with van der Waals surface area (Å²) in [5.41, 5.74) is 5.82. The molecular formula is C21H18N4O2. The molecule has 0 aliphatic heterocycles. The molecule has 0 unspecified atom stereocenters. The van der Waals surface area contributed by atoms with Gasteiger partial charge >= 0.3 is 5.97 Å². The van der Waals surface area contributed by atoms with Crippen LogP contribution in [0.4, 0.5) is 0 Å². The van der Waals surface area contributed by atoms with Crippen molar-refractivity contribution in [2.45, 2.75) is 13.8 Å². The van der Waals surface area contributed by atoms with E-state index in [1.807, 2.05) is 24.3 Å². The summed E-state index contributed by atoms with van der Waals surface area (Å²) in [6, 6.07) is 18.9. The smallest absolute Gasteiger partial charge is 0.335 e. The predicted molar refractivity (Wildman–Crippen MR) is 103 cm³/mol. The van der Waals surface area contributed by atoms with E-state index in [4.69, 9.17) is 5.11 Å². The van der Waals surface area contributed by atoms with Crippen molar-refractivity contribution < 1.29 is 9.90 Å². The zero-order valence-electron chi connectivity index (χ0n) is 15.0. The number of rotatable bonds is 4. The number of aromatic carboxylic acids is 1. The minimum absolute atomic E-state index is 0.225. The molecule has 4 aromatic rings. The number of aryl methyl sites for hydroxylation is 2. The number of aromatic nitrogens is 4. The van der Waals surface area contributed by atoms with Gasteiger partial charge in [-0.1, -0.05) is 23.4 Å². The van der Waals surface area contributed by atoms with Gasteiger partial charge in [0.2, 0.25) is 0 Å². The lowest BCUT2D eigenvalue weighted by molar-refractivity contribution is 0.0697. The van der Waals surface area contributed by atoms with E-state index < -0.39 is 5.97 Å². The number of nitrogens with zero attached hydrogens (tertiary/aromatic N) is 4. The van der Waals surface area contributed by atoms with Gasteiger partial charge in [0.25, 0.3) is 0 Å². The monoisotopic (exact) mass is 358 g/mol. The molecule has 0 fully saturated rings. The molecule has 2 heterocycles. The van der Waals surface area contributed by atoms with Crippen LogP contribution in [0.15, 0.2) is 66.9 Å². The van der Waals surface area contributed by atoms with Gasteiger partial charge in [-0.05, 0) is 56.3 Å². The lowest BCUT2D eigenvalue weighted by Crippen LogP contribution is -2.01. The lowest BCUT2D eigenvalue weighted by atomic mass is 10.1. The van der Waals surface area contributed by atoms with E-state index >= 15 is 0 Å². The van der Waals surface area contributed by atoms with E-state index in [-0.39, 0.29) is 5.56 Å². The molecule has 2 aromatic heterocycles. The molecule has 0 spiro atoms. The van der Waals surface area contributed by atoms with E-state index in [0.717, 1.165) is 28.3 Å². The average molecular weight is 358 g/mol. The Bertz CT molecular complexity index is 1120. The first-order valence-corrected chi connectivity index (χ1v) is 8.55. The van der Waals surface area contributed by atoms with Gasteiger partial charge in [-0.2, -0.15) is 0 Å². The van der Waals surface area contributed by atoms with Crippen molar-refractivity contribution in [2.24, 2.45) is 0 Å². The summed E-state index contributed by atoms with van der Waals surface area (Å²) in [5.74, 6) is -0.964. The van der Waals surface area contributed by atoms with Gasteiger partial charge in [0, 0.05) is 22.6 Å². The van der Waals surface area contributed by atoms with Gasteiger partial charge in [-0.25, -0.2) is 9.48 Å². The van der Waals surface area contributed by atoms with Crippen LogP contribution < -0.4 is 0 Å². The van der Waals surface area contributed by atoms with Gasteiger partial charge in [0.15, 0.2) is 0 Å². The van der Waals surface area contributed by atoms with Crippen LogP contribution in [-0.4, -0.2) is 30.6 Å². The van der Waals surface area contributed by atoms with E-state index in [1.54, 1.807) is 29.1 Å². The summed E-state index contributed by atoms with van der Waals surface area (Å²) in [5, 5.41) is 17.6. The largest absolute Gasteiger partial charge is 0.478 e. The maximum atomic E-state index is 11.2. The van der Waals surface area contributed by atoms with Gasteiger partial charge in [-0.15, -0.1) is 5.10 Å².